The topological polar surface area (TPSA) is 66.5 Å². The number of carbonyl (C=O) groups excluding carboxylic acids is 1. The van der Waals surface area contributed by atoms with Crippen LogP contribution in [-0.2, 0) is 14.8 Å². The summed E-state index contributed by atoms with van der Waals surface area (Å²) in [6.07, 6.45) is 1.95. The van der Waals surface area contributed by atoms with Crippen LogP contribution in [0.3, 0.4) is 0 Å². The Morgan fingerprint density at radius 2 is 1.57 bits per heavy atom. The summed E-state index contributed by atoms with van der Waals surface area (Å²) >= 11 is 0. The summed E-state index contributed by atoms with van der Waals surface area (Å²) in [4.78, 5) is 13.0. The highest BCUT2D eigenvalue weighted by Gasteiger charge is 2.44. The molecule has 1 fully saturated rings. The van der Waals surface area contributed by atoms with Crippen LogP contribution in [-0.4, -0.2) is 27.6 Å². The minimum Gasteiger partial charge on any atom is -0.324 e. The Morgan fingerprint density at radius 3 is 2.20 bits per heavy atom. The molecular formula is C24H24N2O3S. The molecule has 4 rings (SSSR count). The molecular weight excluding hydrogens is 396 g/mol. The predicted molar refractivity (Wildman–Crippen MR) is 121 cm³/mol. The molecule has 0 unspecified atom stereocenters. The van der Waals surface area contributed by atoms with Crippen LogP contribution in [0.4, 0.5) is 11.4 Å². The molecule has 0 aromatic heterocycles. The van der Waals surface area contributed by atoms with E-state index in [2.05, 4.69) is 5.32 Å². The van der Waals surface area contributed by atoms with E-state index in [9.17, 15) is 13.2 Å². The van der Waals surface area contributed by atoms with Gasteiger partial charge in [-0.15, -0.1) is 0 Å². The van der Waals surface area contributed by atoms with Gasteiger partial charge in [-0.2, -0.15) is 0 Å². The Bertz CT molecular complexity index is 1160. The first-order chi connectivity index (χ1) is 14.3. The molecule has 2 atom stereocenters. The lowest BCUT2D eigenvalue weighted by atomic mass is 10.0. The van der Waals surface area contributed by atoms with Gasteiger partial charge in [0.1, 0.15) is 0 Å². The Kier molecular flexibility index (Phi) is 5.35. The summed E-state index contributed by atoms with van der Waals surface area (Å²) in [6, 6.07) is 25.2. The smallest absolute Gasteiger partial charge is 0.232 e. The van der Waals surface area contributed by atoms with Gasteiger partial charge in [-0.3, -0.25) is 9.10 Å². The molecule has 6 heteroatoms. The van der Waals surface area contributed by atoms with Crippen molar-refractivity contribution in [2.45, 2.75) is 12.3 Å². The quantitative estimate of drug-likeness (QED) is 0.639. The highest BCUT2D eigenvalue weighted by Crippen LogP contribution is 2.48. The van der Waals surface area contributed by atoms with E-state index in [0.717, 1.165) is 29.4 Å². The van der Waals surface area contributed by atoms with Crippen molar-refractivity contribution in [1.82, 2.24) is 0 Å². The number of anilines is 2. The zero-order valence-corrected chi connectivity index (χ0v) is 17.8. The summed E-state index contributed by atoms with van der Waals surface area (Å²) in [6.45, 7) is 0. The molecule has 1 aliphatic rings. The van der Waals surface area contributed by atoms with Crippen molar-refractivity contribution in [2.75, 3.05) is 22.9 Å². The lowest BCUT2D eigenvalue weighted by molar-refractivity contribution is -0.117. The van der Waals surface area contributed by atoms with Gasteiger partial charge in [0.15, 0.2) is 0 Å². The van der Waals surface area contributed by atoms with Crippen LogP contribution in [0.5, 0.6) is 0 Å². The molecule has 0 bridgehead atoms. The van der Waals surface area contributed by atoms with Gasteiger partial charge in [-0.05, 0) is 41.2 Å². The molecule has 3 aromatic rings. The minimum absolute atomic E-state index is 0.0859. The number of rotatable bonds is 6. The first-order valence-corrected chi connectivity index (χ1v) is 11.7. The average molecular weight is 421 g/mol. The van der Waals surface area contributed by atoms with Gasteiger partial charge in [0, 0.05) is 13.0 Å². The molecule has 30 heavy (non-hydrogen) atoms. The van der Waals surface area contributed by atoms with E-state index in [4.69, 9.17) is 0 Å². The maximum Gasteiger partial charge on any atom is 0.232 e. The van der Waals surface area contributed by atoms with Gasteiger partial charge in [-0.25, -0.2) is 8.42 Å². The van der Waals surface area contributed by atoms with E-state index < -0.39 is 10.0 Å². The Labute approximate surface area is 177 Å². The predicted octanol–water partition coefficient (Wildman–Crippen LogP) is 4.49. The molecule has 0 aliphatic heterocycles. The highest BCUT2D eigenvalue weighted by molar-refractivity contribution is 7.92. The number of nitrogens with one attached hydrogen (secondary N) is 1. The highest BCUT2D eigenvalue weighted by atomic mass is 32.2. The van der Waals surface area contributed by atoms with Crippen LogP contribution in [0, 0.1) is 5.92 Å². The number of sulfonamides is 1. The monoisotopic (exact) mass is 420 g/mol. The van der Waals surface area contributed by atoms with Gasteiger partial charge < -0.3 is 5.32 Å². The maximum absolute atomic E-state index is 13.0. The van der Waals surface area contributed by atoms with Crippen molar-refractivity contribution in [3.8, 4) is 11.1 Å². The summed E-state index contributed by atoms with van der Waals surface area (Å²) in [7, 11) is -1.98. The van der Waals surface area contributed by atoms with Crippen molar-refractivity contribution < 1.29 is 13.2 Å². The lowest BCUT2D eigenvalue weighted by Gasteiger charge is -2.21. The molecule has 154 valence electrons. The summed E-state index contributed by atoms with van der Waals surface area (Å²) in [5.74, 6) is 0.0148. The number of carbonyl (C=O) groups is 1. The fourth-order valence-electron chi connectivity index (χ4n) is 3.68. The fourth-order valence-corrected chi connectivity index (χ4v) is 4.19. The standard InChI is InChI=1S/C24H24N2O3S/c1-26(30(2,28)29)23-14-13-19(17-9-5-3-6-10-17)15-22(23)25-24(27)21-16-20(21)18-11-7-4-8-12-18/h3-15,20-21H,16H2,1-2H3,(H,25,27)/t20-,21+/m0/s1. The van der Waals surface area contributed by atoms with Crippen LogP contribution in [0.1, 0.15) is 17.9 Å². The Morgan fingerprint density at radius 1 is 0.933 bits per heavy atom. The van der Waals surface area contributed by atoms with Crippen molar-refractivity contribution in [3.05, 3.63) is 84.4 Å². The Hall–Kier alpha value is -3.12. The number of hydrogen-bond donors (Lipinski definition) is 1. The average Bonchev–Trinajstić information content (AvgIpc) is 3.55. The number of hydrogen-bond acceptors (Lipinski definition) is 3. The second-order valence-corrected chi connectivity index (χ2v) is 9.69. The van der Waals surface area contributed by atoms with Gasteiger partial charge in [0.05, 0.1) is 17.6 Å². The molecule has 3 aromatic carbocycles. The number of nitrogens with zero attached hydrogens (tertiary/aromatic N) is 1. The molecule has 1 saturated carbocycles. The van der Waals surface area contributed by atoms with Crippen LogP contribution < -0.4 is 9.62 Å². The van der Waals surface area contributed by atoms with Gasteiger partial charge in [0.2, 0.25) is 15.9 Å². The number of benzene rings is 3. The van der Waals surface area contributed by atoms with Crippen LogP contribution in [0.2, 0.25) is 0 Å². The Balaban J connectivity index is 1.63. The van der Waals surface area contributed by atoms with Crippen LogP contribution >= 0.6 is 0 Å². The zero-order valence-electron chi connectivity index (χ0n) is 16.9. The molecule has 1 aliphatic carbocycles. The third kappa shape index (κ3) is 4.24. The van der Waals surface area contributed by atoms with Crippen molar-refractivity contribution in [3.63, 3.8) is 0 Å². The minimum atomic E-state index is -3.47. The van der Waals surface area contributed by atoms with E-state index in [1.54, 1.807) is 6.07 Å². The van der Waals surface area contributed by atoms with Crippen LogP contribution in [0.25, 0.3) is 11.1 Å². The van der Waals surface area contributed by atoms with E-state index in [0.29, 0.717) is 11.4 Å². The van der Waals surface area contributed by atoms with Gasteiger partial charge in [-0.1, -0.05) is 66.7 Å². The number of amides is 1. The third-order valence-electron chi connectivity index (χ3n) is 5.55. The zero-order chi connectivity index (χ0) is 21.3. The molecule has 0 saturated heterocycles. The summed E-state index contributed by atoms with van der Waals surface area (Å²) < 4.78 is 25.4. The van der Waals surface area contributed by atoms with E-state index in [1.807, 2.05) is 72.8 Å². The molecule has 1 amide bonds. The molecule has 5 nitrogen and oxygen atoms in total. The van der Waals surface area contributed by atoms with Gasteiger partial charge in [0.25, 0.3) is 0 Å². The second-order valence-electron chi connectivity index (χ2n) is 7.68. The van der Waals surface area contributed by atoms with Gasteiger partial charge >= 0.3 is 0 Å². The normalized spacial score (nSPS) is 17.9. The first-order valence-electron chi connectivity index (χ1n) is 9.84. The molecule has 1 N–H and O–H groups in total. The third-order valence-corrected chi connectivity index (χ3v) is 6.74. The van der Waals surface area contributed by atoms with Crippen molar-refractivity contribution in [1.29, 1.82) is 0 Å². The lowest BCUT2D eigenvalue weighted by Crippen LogP contribution is -2.26. The largest absolute Gasteiger partial charge is 0.324 e. The van der Waals surface area contributed by atoms with Crippen LogP contribution in [0.15, 0.2) is 78.9 Å². The first kappa shape index (κ1) is 20.2. The molecule has 0 heterocycles. The van der Waals surface area contributed by atoms with E-state index in [1.165, 1.54) is 11.4 Å². The van der Waals surface area contributed by atoms with E-state index >= 15 is 0 Å². The second kappa shape index (κ2) is 7.95. The SMILES string of the molecule is CN(c1ccc(-c2ccccc2)cc1NC(=O)[C@@H]1C[C@H]1c1ccccc1)S(C)(=O)=O. The van der Waals surface area contributed by atoms with E-state index in [-0.39, 0.29) is 17.7 Å². The summed E-state index contributed by atoms with van der Waals surface area (Å²) in [5.41, 5.74) is 4.00. The molecule has 0 spiro atoms. The maximum atomic E-state index is 13.0. The fraction of sp³-hybridized carbons (Fsp3) is 0.208. The molecule has 0 radical (unpaired) electrons. The summed E-state index contributed by atoms with van der Waals surface area (Å²) in [5, 5.41) is 2.99. The van der Waals surface area contributed by atoms with Crippen molar-refractivity contribution in [2.24, 2.45) is 5.92 Å². The van der Waals surface area contributed by atoms with Crippen molar-refractivity contribution >= 4 is 27.3 Å².